The molecule has 0 bridgehead atoms. The maximum absolute atomic E-state index is 12.0. The number of Topliss-reactive ketones (excluding diaryl/α,β-unsaturated/α-hetero) is 1. The fourth-order valence-electron chi connectivity index (χ4n) is 2.20. The van der Waals surface area contributed by atoms with Gasteiger partial charge in [-0.2, -0.15) is 0 Å². The summed E-state index contributed by atoms with van der Waals surface area (Å²) in [6.45, 7) is 9.24. The molecule has 0 radical (unpaired) electrons. The first kappa shape index (κ1) is 25.0. The summed E-state index contributed by atoms with van der Waals surface area (Å²) in [5.74, 6) is -1.16. The van der Waals surface area contributed by atoms with E-state index in [1.165, 1.54) is 0 Å². The van der Waals surface area contributed by atoms with Crippen LogP contribution in [0.1, 0.15) is 26.2 Å². The molecule has 8 nitrogen and oxygen atoms in total. The zero-order valence-corrected chi connectivity index (χ0v) is 15.9. The van der Waals surface area contributed by atoms with E-state index in [1.54, 1.807) is 0 Å². The monoisotopic (exact) mass is 386 g/mol. The van der Waals surface area contributed by atoms with Crippen LogP contribution in [-0.4, -0.2) is 69.1 Å². The minimum Gasteiger partial charge on any atom is -0.460 e. The van der Waals surface area contributed by atoms with E-state index in [1.807, 2.05) is 6.92 Å². The van der Waals surface area contributed by atoms with Crippen LogP contribution in [0.5, 0.6) is 0 Å². The van der Waals surface area contributed by atoms with Crippen LogP contribution >= 0.6 is 0 Å². The molecule has 0 heterocycles. The summed E-state index contributed by atoms with van der Waals surface area (Å²) in [4.78, 5) is 34.0. The van der Waals surface area contributed by atoms with Gasteiger partial charge < -0.3 is 24.1 Å². The Kier molecular flexibility index (Phi) is 13.9. The van der Waals surface area contributed by atoms with Crippen LogP contribution < -0.4 is 0 Å². The summed E-state index contributed by atoms with van der Waals surface area (Å²) in [5, 5.41) is 8.95. The Morgan fingerprint density at radius 2 is 1.41 bits per heavy atom. The number of esters is 2. The van der Waals surface area contributed by atoms with Crippen molar-refractivity contribution in [1.82, 2.24) is 0 Å². The van der Waals surface area contributed by atoms with E-state index >= 15 is 0 Å². The van der Waals surface area contributed by atoms with Gasteiger partial charge in [0.05, 0.1) is 26.4 Å². The molecule has 0 aromatic heterocycles. The number of aliphatic hydroxyl groups is 1. The maximum Gasteiger partial charge on any atom is 0.330 e. The Morgan fingerprint density at radius 1 is 0.926 bits per heavy atom. The Hall–Kier alpha value is -2.03. The molecule has 0 unspecified atom stereocenters. The average molecular weight is 386 g/mol. The molecule has 0 spiro atoms. The molecule has 0 aliphatic rings. The third kappa shape index (κ3) is 12.1. The molecular formula is C19H30O8. The lowest BCUT2D eigenvalue weighted by atomic mass is 9.81. The van der Waals surface area contributed by atoms with Crippen molar-refractivity contribution in [3.8, 4) is 0 Å². The van der Waals surface area contributed by atoms with Crippen molar-refractivity contribution in [3.05, 3.63) is 25.3 Å². The Balaban J connectivity index is 4.55. The molecule has 0 saturated heterocycles. The summed E-state index contributed by atoms with van der Waals surface area (Å²) < 4.78 is 20.8. The van der Waals surface area contributed by atoms with Crippen molar-refractivity contribution in [1.29, 1.82) is 0 Å². The van der Waals surface area contributed by atoms with Crippen molar-refractivity contribution < 1.29 is 38.4 Å². The predicted octanol–water partition coefficient (Wildman–Crippen LogP) is 1.22. The lowest BCUT2D eigenvalue weighted by Gasteiger charge is -2.31. The third-order valence-electron chi connectivity index (χ3n) is 3.81. The van der Waals surface area contributed by atoms with Crippen molar-refractivity contribution in [2.75, 3.05) is 46.2 Å². The average Bonchev–Trinajstić information content (AvgIpc) is 2.66. The number of carbonyl (C=O) groups is 3. The van der Waals surface area contributed by atoms with Crippen LogP contribution in [0.25, 0.3) is 0 Å². The van der Waals surface area contributed by atoms with Gasteiger partial charge in [0.25, 0.3) is 0 Å². The quantitative estimate of drug-likeness (QED) is 0.226. The standard InChI is InChI=1S/C19H30O8/c1-4-17(22)26-11-9-24-14-19(6-3,13-16(21)7-8-20)15-25-10-12-27-18(23)5-2/h4-5,20H,1-2,6-15H2,3H3. The summed E-state index contributed by atoms with van der Waals surface area (Å²) in [6.07, 6.45) is 2.98. The fraction of sp³-hybridized carbons (Fsp3) is 0.632. The molecule has 0 aromatic carbocycles. The largest absolute Gasteiger partial charge is 0.460 e. The number of hydrogen-bond donors (Lipinski definition) is 1. The first-order valence-electron chi connectivity index (χ1n) is 8.79. The third-order valence-corrected chi connectivity index (χ3v) is 3.81. The van der Waals surface area contributed by atoms with Gasteiger partial charge in [-0.1, -0.05) is 20.1 Å². The van der Waals surface area contributed by atoms with Gasteiger partial charge in [0.15, 0.2) is 0 Å². The lowest BCUT2D eigenvalue weighted by molar-refractivity contribution is -0.140. The van der Waals surface area contributed by atoms with Gasteiger partial charge in [-0.3, -0.25) is 4.79 Å². The van der Waals surface area contributed by atoms with Gasteiger partial charge in [0, 0.05) is 37.0 Å². The molecule has 27 heavy (non-hydrogen) atoms. The van der Waals surface area contributed by atoms with Crippen molar-refractivity contribution in [2.24, 2.45) is 5.41 Å². The normalized spacial score (nSPS) is 10.9. The fourth-order valence-corrected chi connectivity index (χ4v) is 2.20. The molecule has 8 heteroatoms. The molecule has 0 aromatic rings. The van der Waals surface area contributed by atoms with Gasteiger partial charge in [-0.05, 0) is 6.42 Å². The molecule has 0 amide bonds. The van der Waals surface area contributed by atoms with Gasteiger partial charge in [0.2, 0.25) is 0 Å². The number of hydrogen-bond acceptors (Lipinski definition) is 8. The van der Waals surface area contributed by atoms with Crippen LogP contribution in [0.4, 0.5) is 0 Å². The summed E-state index contributed by atoms with van der Waals surface area (Å²) in [5.41, 5.74) is -0.586. The first-order valence-corrected chi connectivity index (χ1v) is 8.79. The van der Waals surface area contributed by atoms with Crippen LogP contribution in [-0.2, 0) is 33.3 Å². The molecule has 0 fully saturated rings. The number of aliphatic hydroxyl groups excluding tert-OH is 1. The summed E-state index contributed by atoms with van der Waals surface area (Å²) in [7, 11) is 0. The Labute approximate surface area is 160 Å². The van der Waals surface area contributed by atoms with Crippen LogP contribution in [0, 0.1) is 5.41 Å². The second-order valence-corrected chi connectivity index (χ2v) is 5.89. The van der Waals surface area contributed by atoms with E-state index in [2.05, 4.69) is 13.2 Å². The topological polar surface area (TPSA) is 108 Å². The lowest BCUT2D eigenvalue weighted by Crippen LogP contribution is -2.35. The number of rotatable bonds is 17. The molecule has 0 aliphatic carbocycles. The second kappa shape index (κ2) is 15.1. The van der Waals surface area contributed by atoms with Gasteiger partial charge in [-0.15, -0.1) is 0 Å². The molecule has 0 saturated carbocycles. The van der Waals surface area contributed by atoms with E-state index in [9.17, 15) is 14.4 Å². The van der Waals surface area contributed by atoms with Crippen molar-refractivity contribution in [3.63, 3.8) is 0 Å². The predicted molar refractivity (Wildman–Crippen MR) is 98.0 cm³/mol. The zero-order chi connectivity index (χ0) is 20.5. The molecule has 0 atom stereocenters. The maximum atomic E-state index is 12.0. The van der Waals surface area contributed by atoms with Crippen LogP contribution in [0.3, 0.4) is 0 Å². The summed E-state index contributed by atoms with van der Waals surface area (Å²) in [6, 6.07) is 0. The number of ketones is 1. The molecular weight excluding hydrogens is 356 g/mol. The molecule has 154 valence electrons. The zero-order valence-electron chi connectivity index (χ0n) is 15.9. The minimum atomic E-state index is -0.586. The highest BCUT2D eigenvalue weighted by Gasteiger charge is 2.31. The molecule has 1 N–H and O–H groups in total. The van der Waals surface area contributed by atoms with E-state index < -0.39 is 17.4 Å². The SMILES string of the molecule is C=CC(=O)OCCOCC(CC)(COCCOC(=O)C=C)CC(=O)CCO. The first-order chi connectivity index (χ1) is 12.9. The van der Waals surface area contributed by atoms with Crippen LogP contribution in [0.15, 0.2) is 25.3 Å². The Bertz CT molecular complexity index is 456. The number of carbonyl (C=O) groups excluding carboxylic acids is 3. The van der Waals surface area contributed by atoms with Gasteiger partial charge in [0.1, 0.15) is 19.0 Å². The highest BCUT2D eigenvalue weighted by Crippen LogP contribution is 2.28. The van der Waals surface area contributed by atoms with Crippen molar-refractivity contribution >= 4 is 17.7 Å². The van der Waals surface area contributed by atoms with E-state index in [0.717, 1.165) is 12.2 Å². The van der Waals surface area contributed by atoms with Gasteiger partial charge >= 0.3 is 11.9 Å². The highest BCUT2D eigenvalue weighted by atomic mass is 16.6. The Morgan fingerprint density at radius 3 is 1.78 bits per heavy atom. The van der Waals surface area contributed by atoms with Crippen molar-refractivity contribution in [2.45, 2.75) is 26.2 Å². The molecule has 0 aliphatic heterocycles. The summed E-state index contributed by atoms with van der Waals surface area (Å²) >= 11 is 0. The second-order valence-electron chi connectivity index (χ2n) is 5.89. The number of ether oxygens (including phenoxy) is 4. The van der Waals surface area contributed by atoms with E-state index in [4.69, 9.17) is 24.1 Å². The minimum absolute atomic E-state index is 0.0651. The highest BCUT2D eigenvalue weighted by molar-refractivity contribution is 5.81. The molecule has 0 rings (SSSR count). The van der Waals surface area contributed by atoms with Crippen LogP contribution in [0.2, 0.25) is 0 Å². The van der Waals surface area contributed by atoms with Gasteiger partial charge in [-0.25, -0.2) is 9.59 Å². The van der Waals surface area contributed by atoms with E-state index in [0.29, 0.717) is 6.42 Å². The smallest absolute Gasteiger partial charge is 0.330 e. The van der Waals surface area contributed by atoms with E-state index in [-0.39, 0.29) is 64.9 Å².